The largest absolute Gasteiger partial charge is 0.345 e. The van der Waals surface area contributed by atoms with Crippen molar-refractivity contribution in [2.24, 2.45) is 0 Å². The lowest BCUT2D eigenvalue weighted by atomic mass is 9.81. The maximum Gasteiger partial charge on any atom is 0.253 e. The fourth-order valence-electron chi connectivity index (χ4n) is 3.30. The van der Waals surface area contributed by atoms with Crippen LogP contribution in [-0.2, 0) is 5.41 Å². The number of aryl methyl sites for hydroxylation is 1. The first kappa shape index (κ1) is 15.3. The molecule has 1 aromatic carbocycles. The van der Waals surface area contributed by atoms with Gasteiger partial charge in [-0.05, 0) is 38.0 Å². The third kappa shape index (κ3) is 2.60. The average molecular weight is 340 g/mol. The van der Waals surface area contributed by atoms with E-state index in [0.29, 0.717) is 0 Å². The molecule has 0 unspecified atom stereocenters. The van der Waals surface area contributed by atoms with E-state index in [1.165, 1.54) is 9.88 Å². The number of aromatic nitrogens is 3. The smallest absolute Gasteiger partial charge is 0.253 e. The van der Waals surface area contributed by atoms with Crippen LogP contribution in [0.15, 0.2) is 30.7 Å². The van der Waals surface area contributed by atoms with Crippen LogP contribution in [0.25, 0.3) is 11.0 Å². The topological polar surface area (TPSA) is 61.9 Å². The number of aromatic amines is 1. The van der Waals surface area contributed by atoms with Gasteiger partial charge in [0, 0.05) is 35.1 Å². The standard InChI is InChI=1S/C18H20N4OS/c1-12-10-19-17(24-12)18(2)5-7-22(8-6-18)16(23)13-3-4-14-15(9-13)21-11-20-14/h3-4,9-11H,5-8H2,1-2H3,(H,20,21). The van der Waals surface area contributed by atoms with Gasteiger partial charge in [0.05, 0.1) is 22.4 Å². The number of benzene rings is 1. The second-order valence-corrected chi connectivity index (χ2v) is 8.00. The van der Waals surface area contributed by atoms with Crippen molar-refractivity contribution in [1.82, 2.24) is 19.9 Å². The molecule has 0 aliphatic carbocycles. The molecular formula is C18H20N4OS. The van der Waals surface area contributed by atoms with Crippen molar-refractivity contribution < 1.29 is 4.79 Å². The number of hydrogen-bond donors (Lipinski definition) is 1. The van der Waals surface area contributed by atoms with Crippen LogP contribution in [0.2, 0.25) is 0 Å². The highest BCUT2D eigenvalue weighted by Gasteiger charge is 2.35. The number of imidazole rings is 1. The Kier molecular flexibility index (Phi) is 3.64. The Morgan fingerprint density at radius 3 is 2.79 bits per heavy atom. The second kappa shape index (κ2) is 5.70. The first-order valence-corrected chi connectivity index (χ1v) is 9.02. The lowest BCUT2D eigenvalue weighted by molar-refractivity contribution is 0.0676. The number of likely N-dealkylation sites (tertiary alicyclic amines) is 1. The highest BCUT2D eigenvalue weighted by Crippen LogP contribution is 2.37. The summed E-state index contributed by atoms with van der Waals surface area (Å²) in [5.41, 5.74) is 2.60. The Morgan fingerprint density at radius 1 is 1.29 bits per heavy atom. The summed E-state index contributed by atoms with van der Waals surface area (Å²) in [6.45, 7) is 5.91. The van der Waals surface area contributed by atoms with Crippen LogP contribution in [0, 0.1) is 6.92 Å². The van der Waals surface area contributed by atoms with Gasteiger partial charge in [-0.3, -0.25) is 4.79 Å². The van der Waals surface area contributed by atoms with Gasteiger partial charge in [0.25, 0.3) is 5.91 Å². The number of carbonyl (C=O) groups is 1. The van der Waals surface area contributed by atoms with Crippen molar-refractivity contribution in [2.75, 3.05) is 13.1 Å². The number of amides is 1. The summed E-state index contributed by atoms with van der Waals surface area (Å²) in [6.07, 6.45) is 5.51. The maximum atomic E-state index is 12.8. The summed E-state index contributed by atoms with van der Waals surface area (Å²) in [5.74, 6) is 0.101. The molecule has 1 fully saturated rings. The minimum absolute atomic E-state index is 0.0863. The fourth-order valence-corrected chi connectivity index (χ4v) is 4.27. The summed E-state index contributed by atoms with van der Waals surface area (Å²) >= 11 is 1.78. The Morgan fingerprint density at radius 2 is 2.08 bits per heavy atom. The third-order valence-corrected chi connectivity index (χ3v) is 6.18. The molecule has 0 radical (unpaired) electrons. The summed E-state index contributed by atoms with van der Waals surface area (Å²) < 4.78 is 0. The molecule has 1 N–H and O–H groups in total. The van der Waals surface area contributed by atoms with Crippen LogP contribution in [0.3, 0.4) is 0 Å². The third-order valence-electron chi connectivity index (χ3n) is 4.96. The van der Waals surface area contributed by atoms with Crippen LogP contribution >= 0.6 is 11.3 Å². The van der Waals surface area contributed by atoms with Gasteiger partial charge < -0.3 is 9.88 Å². The summed E-state index contributed by atoms with van der Waals surface area (Å²) in [5, 5.41) is 1.20. The molecule has 24 heavy (non-hydrogen) atoms. The van der Waals surface area contributed by atoms with E-state index in [1.807, 2.05) is 29.3 Å². The average Bonchev–Trinajstić information content (AvgIpc) is 3.23. The lowest BCUT2D eigenvalue weighted by Gasteiger charge is -2.38. The Balaban J connectivity index is 1.49. The van der Waals surface area contributed by atoms with Crippen molar-refractivity contribution in [3.05, 3.63) is 46.2 Å². The minimum Gasteiger partial charge on any atom is -0.345 e. The van der Waals surface area contributed by atoms with Crippen LogP contribution in [-0.4, -0.2) is 38.8 Å². The van der Waals surface area contributed by atoms with Crippen LogP contribution in [0.5, 0.6) is 0 Å². The molecule has 0 atom stereocenters. The van der Waals surface area contributed by atoms with E-state index < -0.39 is 0 Å². The SMILES string of the molecule is Cc1cnc(C2(C)CCN(C(=O)c3ccc4nc[nH]c4c3)CC2)s1. The van der Waals surface area contributed by atoms with Gasteiger partial charge >= 0.3 is 0 Å². The highest BCUT2D eigenvalue weighted by atomic mass is 32.1. The number of H-pyrrole nitrogens is 1. The Labute approximate surface area is 144 Å². The number of rotatable bonds is 2. The molecule has 0 spiro atoms. The predicted molar refractivity (Wildman–Crippen MR) is 95.4 cm³/mol. The van der Waals surface area contributed by atoms with E-state index in [4.69, 9.17) is 0 Å². The minimum atomic E-state index is 0.0863. The van der Waals surface area contributed by atoms with Crippen LogP contribution < -0.4 is 0 Å². The van der Waals surface area contributed by atoms with Crippen molar-refractivity contribution in [3.63, 3.8) is 0 Å². The zero-order chi connectivity index (χ0) is 16.7. The number of nitrogens with one attached hydrogen (secondary N) is 1. The molecule has 3 aromatic rings. The molecule has 124 valence electrons. The van der Waals surface area contributed by atoms with E-state index in [2.05, 4.69) is 28.8 Å². The first-order chi connectivity index (χ1) is 11.5. The molecule has 1 amide bonds. The number of carbonyl (C=O) groups excluding carboxylic acids is 1. The van der Waals surface area contributed by atoms with E-state index in [0.717, 1.165) is 42.5 Å². The maximum absolute atomic E-state index is 12.8. The first-order valence-electron chi connectivity index (χ1n) is 8.20. The number of hydrogen-bond acceptors (Lipinski definition) is 4. The fraction of sp³-hybridized carbons (Fsp3) is 0.389. The zero-order valence-electron chi connectivity index (χ0n) is 13.9. The van der Waals surface area contributed by atoms with Gasteiger partial charge in [0.15, 0.2) is 0 Å². The van der Waals surface area contributed by atoms with Crippen molar-refractivity contribution in [2.45, 2.75) is 32.1 Å². The zero-order valence-corrected chi connectivity index (χ0v) is 14.7. The molecule has 4 rings (SSSR count). The van der Waals surface area contributed by atoms with E-state index in [1.54, 1.807) is 17.7 Å². The summed E-state index contributed by atoms with van der Waals surface area (Å²) in [7, 11) is 0. The molecule has 3 heterocycles. The van der Waals surface area contributed by atoms with E-state index in [-0.39, 0.29) is 11.3 Å². The monoisotopic (exact) mass is 340 g/mol. The Hall–Kier alpha value is -2.21. The van der Waals surface area contributed by atoms with Crippen LogP contribution in [0.1, 0.15) is 40.0 Å². The normalized spacial score (nSPS) is 17.3. The number of nitrogens with zero attached hydrogens (tertiary/aromatic N) is 3. The van der Waals surface area contributed by atoms with Gasteiger partial charge in [0.2, 0.25) is 0 Å². The molecule has 1 saturated heterocycles. The van der Waals surface area contributed by atoms with Gasteiger partial charge in [-0.1, -0.05) is 6.92 Å². The predicted octanol–water partition coefficient (Wildman–Crippen LogP) is 3.52. The highest BCUT2D eigenvalue weighted by molar-refractivity contribution is 7.11. The van der Waals surface area contributed by atoms with Crippen molar-refractivity contribution in [3.8, 4) is 0 Å². The van der Waals surface area contributed by atoms with Gasteiger partial charge in [-0.2, -0.15) is 0 Å². The van der Waals surface area contributed by atoms with Gasteiger partial charge in [-0.25, -0.2) is 9.97 Å². The number of thiazole rings is 1. The summed E-state index contributed by atoms with van der Waals surface area (Å²) in [4.78, 5) is 27.8. The molecule has 6 heteroatoms. The van der Waals surface area contributed by atoms with Gasteiger partial charge in [-0.15, -0.1) is 11.3 Å². The quantitative estimate of drug-likeness (QED) is 0.776. The second-order valence-electron chi connectivity index (χ2n) is 6.76. The Bertz CT molecular complexity index is 889. The molecule has 0 saturated carbocycles. The molecule has 2 aromatic heterocycles. The molecule has 1 aliphatic heterocycles. The molecule has 1 aliphatic rings. The molecule has 0 bridgehead atoms. The van der Waals surface area contributed by atoms with E-state index in [9.17, 15) is 4.79 Å². The van der Waals surface area contributed by atoms with Crippen molar-refractivity contribution >= 4 is 28.3 Å². The van der Waals surface area contributed by atoms with Crippen molar-refractivity contribution in [1.29, 1.82) is 0 Å². The molecular weight excluding hydrogens is 320 g/mol. The van der Waals surface area contributed by atoms with Gasteiger partial charge in [0.1, 0.15) is 0 Å². The lowest BCUT2D eigenvalue weighted by Crippen LogP contribution is -2.43. The van der Waals surface area contributed by atoms with Crippen LogP contribution in [0.4, 0.5) is 0 Å². The molecule has 5 nitrogen and oxygen atoms in total. The number of fused-ring (bicyclic) bond motifs is 1. The van der Waals surface area contributed by atoms with E-state index >= 15 is 0 Å². The number of piperidine rings is 1. The summed E-state index contributed by atoms with van der Waals surface area (Å²) in [6, 6.07) is 5.65.